The number of hydrogen-bond donors (Lipinski definition) is 0. The second kappa shape index (κ2) is 6.92. The lowest BCUT2D eigenvalue weighted by Crippen LogP contribution is -2.11. The zero-order valence-corrected chi connectivity index (χ0v) is 14.7. The lowest BCUT2D eigenvalue weighted by Gasteiger charge is -2.13. The topological polar surface area (TPSA) is 47.9 Å². The first-order valence-electron chi connectivity index (χ1n) is 8.39. The highest BCUT2D eigenvalue weighted by atomic mass is 19.4. The number of aromatic nitrogens is 3. The number of pyridine rings is 1. The summed E-state index contributed by atoms with van der Waals surface area (Å²) in [5.41, 5.74) is 1.03. The minimum Gasteiger partial charge on any atom is -0.497 e. The molecule has 0 aliphatic carbocycles. The molecule has 0 unspecified atom stereocenters. The molecule has 28 heavy (non-hydrogen) atoms. The average molecular weight is 381 g/mol. The lowest BCUT2D eigenvalue weighted by atomic mass is 10.0. The molecule has 4 nitrogen and oxygen atoms in total. The van der Waals surface area contributed by atoms with E-state index in [1.807, 2.05) is 6.07 Å². The van der Waals surface area contributed by atoms with E-state index in [2.05, 4.69) is 15.0 Å². The van der Waals surface area contributed by atoms with E-state index >= 15 is 0 Å². The van der Waals surface area contributed by atoms with Gasteiger partial charge in [-0.1, -0.05) is 18.2 Å². The fourth-order valence-electron chi connectivity index (χ4n) is 2.95. The molecule has 0 aliphatic rings. The minimum atomic E-state index is -4.62. The Morgan fingerprint density at radius 3 is 2.36 bits per heavy atom. The fraction of sp³-hybridized carbons (Fsp3) is 0.0952. The van der Waals surface area contributed by atoms with E-state index in [4.69, 9.17) is 4.74 Å². The van der Waals surface area contributed by atoms with E-state index in [9.17, 15) is 13.2 Å². The Balaban J connectivity index is 1.93. The number of rotatable bonds is 3. The molecule has 0 fully saturated rings. The molecule has 0 saturated carbocycles. The first-order chi connectivity index (χ1) is 13.5. The molecular formula is C21H14F3N3O. The Hall–Kier alpha value is -3.48. The van der Waals surface area contributed by atoms with E-state index in [0.717, 1.165) is 5.56 Å². The predicted octanol–water partition coefficient (Wildman–Crippen LogP) is 5.39. The summed E-state index contributed by atoms with van der Waals surface area (Å²) in [5.74, 6) is 0.610. The van der Waals surface area contributed by atoms with Gasteiger partial charge in [0.25, 0.3) is 0 Å². The number of benzene rings is 2. The van der Waals surface area contributed by atoms with Gasteiger partial charge in [0.05, 0.1) is 12.6 Å². The summed E-state index contributed by atoms with van der Waals surface area (Å²) in [4.78, 5) is 12.1. The number of hydrogen-bond acceptors (Lipinski definition) is 4. The van der Waals surface area contributed by atoms with E-state index < -0.39 is 11.9 Å². The first kappa shape index (κ1) is 17.9. The Bertz CT molecular complexity index is 1140. The van der Waals surface area contributed by atoms with E-state index in [-0.39, 0.29) is 16.7 Å². The van der Waals surface area contributed by atoms with E-state index in [0.29, 0.717) is 16.9 Å². The highest BCUT2D eigenvalue weighted by molar-refractivity contribution is 5.88. The molecule has 0 bridgehead atoms. The van der Waals surface area contributed by atoms with Crippen LogP contribution in [0.3, 0.4) is 0 Å². The van der Waals surface area contributed by atoms with Crippen molar-refractivity contribution in [2.75, 3.05) is 7.11 Å². The van der Waals surface area contributed by atoms with Crippen LogP contribution in [0.1, 0.15) is 5.69 Å². The van der Waals surface area contributed by atoms with Crippen LogP contribution in [0.25, 0.3) is 33.4 Å². The standard InChI is InChI=1S/C21H14F3N3O/c1-28-16-6-2-4-13(10-16)14-7-8-18-17(11-14)19(21(22,23)24)27-20(26-18)15-5-3-9-25-12-15/h2-12H,1H3. The van der Waals surface area contributed by atoms with Crippen LogP contribution in [0.4, 0.5) is 13.2 Å². The van der Waals surface area contributed by atoms with Gasteiger partial charge in [0.15, 0.2) is 11.5 Å². The smallest absolute Gasteiger partial charge is 0.434 e. The molecule has 2 aromatic carbocycles. The average Bonchev–Trinajstić information content (AvgIpc) is 2.72. The van der Waals surface area contributed by atoms with Crippen molar-refractivity contribution >= 4 is 10.9 Å². The van der Waals surface area contributed by atoms with Crippen molar-refractivity contribution < 1.29 is 17.9 Å². The summed E-state index contributed by atoms with van der Waals surface area (Å²) in [6.45, 7) is 0. The molecule has 0 radical (unpaired) electrons. The summed E-state index contributed by atoms with van der Waals surface area (Å²) in [6, 6.07) is 15.1. The van der Waals surface area contributed by atoms with Gasteiger partial charge in [0, 0.05) is 23.3 Å². The maximum absolute atomic E-state index is 13.7. The van der Waals surface area contributed by atoms with Gasteiger partial charge < -0.3 is 4.74 Å². The third-order valence-electron chi connectivity index (χ3n) is 4.29. The number of ether oxygens (including phenoxy) is 1. The third kappa shape index (κ3) is 3.38. The molecule has 0 amide bonds. The Morgan fingerprint density at radius 1 is 0.857 bits per heavy atom. The Labute approximate surface area is 158 Å². The summed E-state index contributed by atoms with van der Waals surface area (Å²) in [6.07, 6.45) is -1.65. The predicted molar refractivity (Wildman–Crippen MR) is 99.8 cm³/mol. The van der Waals surface area contributed by atoms with Crippen molar-refractivity contribution in [2.24, 2.45) is 0 Å². The molecule has 2 aromatic heterocycles. The van der Waals surface area contributed by atoms with Gasteiger partial charge in [-0.05, 0) is 47.5 Å². The monoisotopic (exact) mass is 381 g/mol. The number of methoxy groups -OCH3 is 1. The van der Waals surface area contributed by atoms with Gasteiger partial charge in [0.1, 0.15) is 5.75 Å². The van der Waals surface area contributed by atoms with Crippen molar-refractivity contribution in [3.63, 3.8) is 0 Å². The minimum absolute atomic E-state index is 0.0120. The maximum Gasteiger partial charge on any atom is 0.434 e. The highest BCUT2D eigenvalue weighted by Crippen LogP contribution is 2.36. The molecular weight excluding hydrogens is 367 g/mol. The van der Waals surface area contributed by atoms with E-state index in [1.54, 1.807) is 42.5 Å². The summed E-state index contributed by atoms with van der Waals surface area (Å²) >= 11 is 0. The van der Waals surface area contributed by atoms with Gasteiger partial charge >= 0.3 is 6.18 Å². The zero-order chi connectivity index (χ0) is 19.7. The molecule has 0 saturated heterocycles. The maximum atomic E-state index is 13.7. The number of fused-ring (bicyclic) bond motifs is 1. The fourth-order valence-corrected chi connectivity index (χ4v) is 2.95. The molecule has 2 heterocycles. The van der Waals surface area contributed by atoms with Crippen LogP contribution in [-0.4, -0.2) is 22.1 Å². The molecule has 7 heteroatoms. The van der Waals surface area contributed by atoms with Gasteiger partial charge in [-0.15, -0.1) is 0 Å². The van der Waals surface area contributed by atoms with Crippen LogP contribution >= 0.6 is 0 Å². The van der Waals surface area contributed by atoms with Crippen LogP contribution in [0, 0.1) is 0 Å². The molecule has 140 valence electrons. The van der Waals surface area contributed by atoms with Gasteiger partial charge in [-0.2, -0.15) is 13.2 Å². The lowest BCUT2D eigenvalue weighted by molar-refractivity contribution is -0.139. The van der Waals surface area contributed by atoms with Crippen molar-refractivity contribution in [3.8, 4) is 28.3 Å². The van der Waals surface area contributed by atoms with Crippen molar-refractivity contribution in [3.05, 3.63) is 72.7 Å². The van der Waals surface area contributed by atoms with Crippen LogP contribution in [0.15, 0.2) is 67.0 Å². The molecule has 0 aliphatic heterocycles. The molecule has 4 rings (SSSR count). The van der Waals surface area contributed by atoms with Crippen molar-refractivity contribution in [1.82, 2.24) is 15.0 Å². The first-order valence-corrected chi connectivity index (χ1v) is 8.39. The van der Waals surface area contributed by atoms with E-state index in [1.165, 1.54) is 25.6 Å². The normalized spacial score (nSPS) is 11.6. The second-order valence-electron chi connectivity index (χ2n) is 6.10. The number of nitrogens with zero attached hydrogens (tertiary/aromatic N) is 3. The summed E-state index contributed by atoms with van der Waals surface area (Å²) < 4.78 is 46.4. The zero-order valence-electron chi connectivity index (χ0n) is 14.7. The van der Waals surface area contributed by atoms with Crippen LogP contribution < -0.4 is 4.74 Å². The largest absolute Gasteiger partial charge is 0.497 e. The Morgan fingerprint density at radius 2 is 1.64 bits per heavy atom. The van der Waals surface area contributed by atoms with Crippen molar-refractivity contribution in [2.45, 2.75) is 6.18 Å². The molecule has 0 N–H and O–H groups in total. The van der Waals surface area contributed by atoms with Gasteiger partial charge in [0.2, 0.25) is 0 Å². The summed E-state index contributed by atoms with van der Waals surface area (Å²) in [5, 5.41) is -0.0551. The summed E-state index contributed by atoms with van der Waals surface area (Å²) in [7, 11) is 1.54. The molecule has 0 spiro atoms. The van der Waals surface area contributed by atoms with Crippen LogP contribution in [0.5, 0.6) is 5.75 Å². The van der Waals surface area contributed by atoms with Gasteiger partial charge in [-0.25, -0.2) is 9.97 Å². The molecule has 0 atom stereocenters. The second-order valence-corrected chi connectivity index (χ2v) is 6.10. The van der Waals surface area contributed by atoms with Crippen LogP contribution in [-0.2, 0) is 6.18 Å². The van der Waals surface area contributed by atoms with Crippen molar-refractivity contribution in [1.29, 1.82) is 0 Å². The Kier molecular flexibility index (Phi) is 4.43. The highest BCUT2D eigenvalue weighted by Gasteiger charge is 2.35. The number of alkyl halides is 3. The molecule has 4 aromatic rings. The quantitative estimate of drug-likeness (QED) is 0.478. The SMILES string of the molecule is COc1cccc(-c2ccc3nc(-c4cccnc4)nc(C(F)(F)F)c3c2)c1. The van der Waals surface area contributed by atoms with Gasteiger partial charge in [-0.3, -0.25) is 4.98 Å². The number of halogens is 3. The third-order valence-corrected chi connectivity index (χ3v) is 4.29. The van der Waals surface area contributed by atoms with Crippen LogP contribution in [0.2, 0.25) is 0 Å².